The Labute approximate surface area is 116 Å². The molecule has 4 heteroatoms. The van der Waals surface area contributed by atoms with Crippen LogP contribution in [0.1, 0.15) is 27.0 Å². The summed E-state index contributed by atoms with van der Waals surface area (Å²) in [6.45, 7) is 3.38. The number of carbonyl (C=O) groups is 1. The van der Waals surface area contributed by atoms with E-state index in [0.29, 0.717) is 11.3 Å². The third-order valence-corrected chi connectivity index (χ3v) is 3.04. The van der Waals surface area contributed by atoms with Gasteiger partial charge in [0, 0.05) is 5.56 Å². The summed E-state index contributed by atoms with van der Waals surface area (Å²) in [7, 11) is 0. The van der Waals surface area contributed by atoms with E-state index in [1.807, 2.05) is 0 Å². The summed E-state index contributed by atoms with van der Waals surface area (Å²) >= 11 is 0. The van der Waals surface area contributed by atoms with Gasteiger partial charge in [-0.25, -0.2) is 8.78 Å². The van der Waals surface area contributed by atoms with Gasteiger partial charge in [0.2, 0.25) is 0 Å². The van der Waals surface area contributed by atoms with Gasteiger partial charge in [0.1, 0.15) is 30.3 Å². The van der Waals surface area contributed by atoms with Crippen LogP contribution in [0.15, 0.2) is 30.3 Å². The summed E-state index contributed by atoms with van der Waals surface area (Å²) in [6.07, 6.45) is 0.750. The number of carbonyl (C=O) groups excluding carboxylic acids is 1. The second kappa shape index (κ2) is 5.82. The smallest absolute Gasteiger partial charge is 0.150 e. The van der Waals surface area contributed by atoms with Gasteiger partial charge in [0.05, 0.1) is 5.56 Å². The maximum Gasteiger partial charge on any atom is 0.150 e. The molecule has 0 aromatic heterocycles. The van der Waals surface area contributed by atoms with Crippen molar-refractivity contribution in [1.82, 2.24) is 0 Å². The molecule has 104 valence electrons. The lowest BCUT2D eigenvalue weighted by Gasteiger charge is -2.13. The summed E-state index contributed by atoms with van der Waals surface area (Å²) in [5.41, 5.74) is 1.95. The number of aryl methyl sites for hydroxylation is 2. The second-order valence-electron chi connectivity index (χ2n) is 4.59. The Morgan fingerprint density at radius 3 is 2.15 bits per heavy atom. The van der Waals surface area contributed by atoms with Crippen LogP contribution in [0.5, 0.6) is 5.75 Å². The van der Waals surface area contributed by atoms with Gasteiger partial charge < -0.3 is 4.74 Å². The molecule has 0 aliphatic heterocycles. The first kappa shape index (κ1) is 14.2. The van der Waals surface area contributed by atoms with Crippen LogP contribution in [0.3, 0.4) is 0 Å². The summed E-state index contributed by atoms with van der Waals surface area (Å²) in [5.74, 6) is -0.729. The zero-order valence-electron chi connectivity index (χ0n) is 11.2. The van der Waals surface area contributed by atoms with Crippen molar-refractivity contribution >= 4 is 6.29 Å². The van der Waals surface area contributed by atoms with E-state index in [4.69, 9.17) is 4.74 Å². The van der Waals surface area contributed by atoms with Crippen LogP contribution in [0.25, 0.3) is 0 Å². The monoisotopic (exact) mass is 276 g/mol. The average molecular weight is 276 g/mol. The molecule has 0 radical (unpaired) electrons. The number of halogens is 2. The van der Waals surface area contributed by atoms with Crippen molar-refractivity contribution in [3.63, 3.8) is 0 Å². The molecule has 0 N–H and O–H groups in total. The van der Waals surface area contributed by atoms with Gasteiger partial charge in [-0.05, 0) is 49.2 Å². The minimum atomic E-state index is -0.634. The van der Waals surface area contributed by atoms with Gasteiger partial charge >= 0.3 is 0 Å². The number of rotatable bonds is 4. The number of aldehydes is 1. The highest BCUT2D eigenvalue weighted by molar-refractivity contribution is 5.76. The lowest BCUT2D eigenvalue weighted by Crippen LogP contribution is -2.04. The molecule has 0 spiro atoms. The van der Waals surface area contributed by atoms with E-state index in [9.17, 15) is 13.6 Å². The first-order valence-corrected chi connectivity index (χ1v) is 6.15. The number of benzene rings is 2. The molecule has 20 heavy (non-hydrogen) atoms. The Hall–Kier alpha value is -2.23. The van der Waals surface area contributed by atoms with E-state index >= 15 is 0 Å². The Morgan fingerprint density at radius 1 is 1.10 bits per heavy atom. The predicted octanol–water partition coefficient (Wildman–Crippen LogP) is 3.97. The third kappa shape index (κ3) is 2.85. The molecule has 2 rings (SSSR count). The minimum absolute atomic E-state index is 0.106. The Bertz CT molecular complexity index is 608. The number of hydrogen-bond donors (Lipinski definition) is 0. The van der Waals surface area contributed by atoms with Gasteiger partial charge in [-0.1, -0.05) is 6.07 Å². The Morgan fingerprint density at radius 2 is 1.65 bits per heavy atom. The molecule has 0 saturated heterocycles. The molecule has 0 amide bonds. The fraction of sp³-hybridized carbons (Fsp3) is 0.188. The maximum atomic E-state index is 13.5. The van der Waals surface area contributed by atoms with Crippen LogP contribution < -0.4 is 4.74 Å². The van der Waals surface area contributed by atoms with Crippen LogP contribution in [0.4, 0.5) is 8.78 Å². The molecule has 0 unspecified atom stereocenters. The van der Waals surface area contributed by atoms with Crippen LogP contribution in [-0.2, 0) is 6.61 Å². The van der Waals surface area contributed by atoms with Crippen LogP contribution in [0, 0.1) is 25.5 Å². The van der Waals surface area contributed by atoms with Crippen molar-refractivity contribution in [3.8, 4) is 5.75 Å². The van der Waals surface area contributed by atoms with Crippen molar-refractivity contribution in [1.29, 1.82) is 0 Å². The van der Waals surface area contributed by atoms with E-state index in [1.54, 1.807) is 26.0 Å². The Kier molecular flexibility index (Phi) is 4.13. The van der Waals surface area contributed by atoms with Crippen molar-refractivity contribution in [2.45, 2.75) is 20.5 Å². The van der Waals surface area contributed by atoms with Crippen molar-refractivity contribution in [3.05, 3.63) is 64.2 Å². The SMILES string of the molecule is Cc1cc(C=O)cc(C)c1OCc1c(F)cccc1F. The highest BCUT2D eigenvalue weighted by Crippen LogP contribution is 2.26. The lowest BCUT2D eigenvalue weighted by atomic mass is 10.1. The van der Waals surface area contributed by atoms with Crippen molar-refractivity contribution in [2.75, 3.05) is 0 Å². The standard InChI is InChI=1S/C16H14F2O2/c1-10-6-12(8-19)7-11(2)16(10)20-9-13-14(17)4-3-5-15(13)18/h3-8H,9H2,1-2H3. The van der Waals surface area contributed by atoms with Crippen LogP contribution in [0.2, 0.25) is 0 Å². The molecule has 2 aromatic carbocycles. The predicted molar refractivity (Wildman–Crippen MR) is 72.0 cm³/mol. The van der Waals surface area contributed by atoms with E-state index in [-0.39, 0.29) is 12.2 Å². The van der Waals surface area contributed by atoms with Gasteiger partial charge in [0.15, 0.2) is 0 Å². The van der Waals surface area contributed by atoms with Crippen LogP contribution >= 0.6 is 0 Å². The fourth-order valence-corrected chi connectivity index (χ4v) is 2.09. The second-order valence-corrected chi connectivity index (χ2v) is 4.59. The van der Waals surface area contributed by atoms with Gasteiger partial charge in [-0.3, -0.25) is 4.79 Å². The molecule has 0 bridgehead atoms. The van der Waals surface area contributed by atoms with E-state index in [1.165, 1.54) is 18.2 Å². The zero-order valence-corrected chi connectivity index (χ0v) is 11.2. The first-order valence-electron chi connectivity index (χ1n) is 6.15. The first-order chi connectivity index (χ1) is 9.52. The molecule has 2 aromatic rings. The largest absolute Gasteiger partial charge is 0.488 e. The quantitative estimate of drug-likeness (QED) is 0.790. The highest BCUT2D eigenvalue weighted by Gasteiger charge is 2.11. The van der Waals surface area contributed by atoms with Crippen LogP contribution in [-0.4, -0.2) is 6.29 Å². The summed E-state index contributed by atoms with van der Waals surface area (Å²) in [5, 5.41) is 0. The van der Waals surface area contributed by atoms with Crippen molar-refractivity contribution in [2.24, 2.45) is 0 Å². The molecule has 0 heterocycles. The topological polar surface area (TPSA) is 26.3 Å². The number of hydrogen-bond acceptors (Lipinski definition) is 2. The molecule has 0 saturated carbocycles. The molecule has 0 atom stereocenters. The summed E-state index contributed by atoms with van der Waals surface area (Å²) in [4.78, 5) is 10.8. The van der Waals surface area contributed by atoms with E-state index in [0.717, 1.165) is 17.4 Å². The molecule has 0 aliphatic rings. The highest BCUT2D eigenvalue weighted by atomic mass is 19.1. The molecule has 0 aliphatic carbocycles. The number of ether oxygens (including phenoxy) is 1. The average Bonchev–Trinajstić information content (AvgIpc) is 2.40. The van der Waals surface area contributed by atoms with Gasteiger partial charge in [0.25, 0.3) is 0 Å². The molecular formula is C16H14F2O2. The van der Waals surface area contributed by atoms with E-state index in [2.05, 4.69) is 0 Å². The third-order valence-electron chi connectivity index (χ3n) is 3.04. The lowest BCUT2D eigenvalue weighted by molar-refractivity contribution is 0.112. The minimum Gasteiger partial charge on any atom is -0.488 e. The maximum absolute atomic E-state index is 13.5. The van der Waals surface area contributed by atoms with E-state index < -0.39 is 11.6 Å². The molecule has 0 fully saturated rings. The fourth-order valence-electron chi connectivity index (χ4n) is 2.09. The molecule has 2 nitrogen and oxygen atoms in total. The zero-order chi connectivity index (χ0) is 14.7. The normalized spacial score (nSPS) is 10.4. The van der Waals surface area contributed by atoms with Crippen molar-refractivity contribution < 1.29 is 18.3 Å². The summed E-state index contributed by atoms with van der Waals surface area (Å²) in [6, 6.07) is 7.04. The van der Waals surface area contributed by atoms with Gasteiger partial charge in [-0.2, -0.15) is 0 Å². The Balaban J connectivity index is 2.26. The summed E-state index contributed by atoms with van der Waals surface area (Å²) < 4.78 is 32.5. The van der Waals surface area contributed by atoms with Gasteiger partial charge in [-0.15, -0.1) is 0 Å². The molecular weight excluding hydrogens is 262 g/mol.